The lowest BCUT2D eigenvalue weighted by Gasteiger charge is -2.11. The quantitative estimate of drug-likeness (QED) is 0.737. The highest BCUT2D eigenvalue weighted by Crippen LogP contribution is 1.91. The summed E-state index contributed by atoms with van der Waals surface area (Å²) in [6.45, 7) is 3.76. The molecule has 1 rings (SSSR count). The molecule has 1 aromatic rings. The summed E-state index contributed by atoms with van der Waals surface area (Å²) in [5, 5.41) is 6.51. The van der Waals surface area contributed by atoms with Crippen LogP contribution in [-0.2, 0) is 11.3 Å². The minimum Gasteiger partial charge on any atom is -0.382 e. The molecule has 88 valence electrons. The van der Waals surface area contributed by atoms with Gasteiger partial charge in [-0.3, -0.25) is 9.59 Å². The Hall–Kier alpha value is -1.85. The molecule has 0 saturated heterocycles. The van der Waals surface area contributed by atoms with Crippen molar-refractivity contribution >= 4 is 11.7 Å². The number of rotatable bonds is 4. The molecule has 6 nitrogen and oxygen atoms in total. The molecule has 1 atom stereocenters. The van der Waals surface area contributed by atoms with Crippen LogP contribution >= 0.6 is 0 Å². The highest BCUT2D eigenvalue weighted by Gasteiger charge is 2.08. The Kier molecular flexibility index (Phi) is 4.04. The van der Waals surface area contributed by atoms with Crippen LogP contribution in [0.5, 0.6) is 0 Å². The molecular formula is C10H16N4O2. The number of carbonyl (C=O) groups is 1. The summed E-state index contributed by atoms with van der Waals surface area (Å²) < 4.78 is 1.05. The van der Waals surface area contributed by atoms with Crippen molar-refractivity contribution in [3.63, 3.8) is 0 Å². The lowest BCUT2D eigenvalue weighted by Crippen LogP contribution is -2.37. The van der Waals surface area contributed by atoms with Gasteiger partial charge >= 0.3 is 0 Å². The molecule has 6 heteroatoms. The molecule has 0 aromatic carbocycles. The Morgan fingerprint density at radius 3 is 2.94 bits per heavy atom. The average Bonchev–Trinajstić information content (AvgIpc) is 2.23. The summed E-state index contributed by atoms with van der Waals surface area (Å²) in [5.74, 6) is -0.0227. The summed E-state index contributed by atoms with van der Waals surface area (Å²) >= 11 is 0. The number of nitrogens with two attached hydrogens (primary N) is 1. The normalized spacial score (nSPS) is 12.1. The molecular weight excluding hydrogens is 208 g/mol. The number of carbonyl (C=O) groups excluding carboxylic acids is 1. The topological polar surface area (TPSA) is 90.0 Å². The highest BCUT2D eigenvalue weighted by molar-refractivity contribution is 5.75. The first-order valence-electron chi connectivity index (χ1n) is 5.16. The maximum atomic E-state index is 11.5. The number of nitrogen functional groups attached to an aromatic ring is 1. The summed E-state index contributed by atoms with van der Waals surface area (Å²) in [6, 6.07) is 2.79. The Balaban J connectivity index is 2.69. The molecule has 0 aliphatic carbocycles. The first-order valence-corrected chi connectivity index (χ1v) is 5.16. The van der Waals surface area contributed by atoms with Gasteiger partial charge in [0.2, 0.25) is 5.91 Å². The number of hydrogen-bond donors (Lipinski definition) is 2. The number of amides is 1. The van der Waals surface area contributed by atoms with Gasteiger partial charge in [0.1, 0.15) is 12.4 Å². The molecule has 1 unspecified atom stereocenters. The van der Waals surface area contributed by atoms with Gasteiger partial charge in [-0.2, -0.15) is 5.10 Å². The van der Waals surface area contributed by atoms with Crippen molar-refractivity contribution in [2.75, 3.05) is 5.73 Å². The van der Waals surface area contributed by atoms with E-state index in [9.17, 15) is 9.59 Å². The van der Waals surface area contributed by atoms with Crippen molar-refractivity contribution in [2.45, 2.75) is 32.9 Å². The van der Waals surface area contributed by atoms with E-state index in [1.54, 1.807) is 0 Å². The molecule has 1 amide bonds. The predicted molar refractivity (Wildman–Crippen MR) is 60.8 cm³/mol. The first kappa shape index (κ1) is 12.2. The number of aromatic nitrogens is 2. The predicted octanol–water partition coefficient (Wildman–Crippen LogP) is -0.260. The molecule has 1 aromatic heterocycles. The molecule has 16 heavy (non-hydrogen) atoms. The number of nitrogens with zero attached hydrogens (tertiary/aromatic N) is 2. The second-order valence-corrected chi connectivity index (χ2v) is 3.63. The molecule has 0 fully saturated rings. The molecule has 1 heterocycles. The maximum absolute atomic E-state index is 11.5. The van der Waals surface area contributed by atoms with E-state index >= 15 is 0 Å². The van der Waals surface area contributed by atoms with Crippen LogP contribution in [0.15, 0.2) is 16.9 Å². The second kappa shape index (κ2) is 5.29. The van der Waals surface area contributed by atoms with Crippen molar-refractivity contribution in [1.82, 2.24) is 15.1 Å². The standard InChI is InChI=1S/C10H16N4O2/c1-3-7(2)12-9(15)6-14-10(16)5-4-8(11)13-14/h4-5,7H,3,6H2,1-2H3,(H2,11,13)(H,12,15). The Labute approximate surface area is 93.5 Å². The van der Waals surface area contributed by atoms with Crippen LogP contribution in [0.2, 0.25) is 0 Å². The lowest BCUT2D eigenvalue weighted by molar-refractivity contribution is -0.122. The molecule has 0 bridgehead atoms. The molecule has 0 aliphatic heterocycles. The number of nitrogens with one attached hydrogen (secondary N) is 1. The fraction of sp³-hybridized carbons (Fsp3) is 0.500. The van der Waals surface area contributed by atoms with Crippen LogP contribution in [-0.4, -0.2) is 21.7 Å². The molecule has 0 aliphatic rings. The highest BCUT2D eigenvalue weighted by atomic mass is 16.2. The minimum atomic E-state index is -0.339. The van der Waals surface area contributed by atoms with Gasteiger partial charge in [0.15, 0.2) is 0 Å². The molecule has 0 spiro atoms. The SMILES string of the molecule is CCC(C)NC(=O)Cn1nc(N)ccc1=O. The van der Waals surface area contributed by atoms with Crippen molar-refractivity contribution in [1.29, 1.82) is 0 Å². The Morgan fingerprint density at radius 2 is 2.31 bits per heavy atom. The van der Waals surface area contributed by atoms with E-state index in [0.717, 1.165) is 11.1 Å². The second-order valence-electron chi connectivity index (χ2n) is 3.63. The molecule has 0 saturated carbocycles. The summed E-state index contributed by atoms with van der Waals surface area (Å²) in [4.78, 5) is 22.8. The molecule has 3 N–H and O–H groups in total. The zero-order chi connectivity index (χ0) is 12.1. The fourth-order valence-corrected chi connectivity index (χ4v) is 1.14. The van der Waals surface area contributed by atoms with Gasteiger partial charge in [-0.05, 0) is 19.4 Å². The summed E-state index contributed by atoms with van der Waals surface area (Å²) in [7, 11) is 0. The number of anilines is 1. The van der Waals surface area contributed by atoms with Gasteiger partial charge < -0.3 is 11.1 Å². The first-order chi connectivity index (χ1) is 7.52. The van der Waals surface area contributed by atoms with E-state index in [1.165, 1.54) is 12.1 Å². The molecule has 0 radical (unpaired) electrons. The zero-order valence-electron chi connectivity index (χ0n) is 9.43. The zero-order valence-corrected chi connectivity index (χ0v) is 9.43. The van der Waals surface area contributed by atoms with Gasteiger partial charge in [-0.15, -0.1) is 0 Å². The Bertz CT molecular complexity index is 427. The van der Waals surface area contributed by atoms with Crippen molar-refractivity contribution < 1.29 is 4.79 Å². The summed E-state index contributed by atoms with van der Waals surface area (Å²) in [5.41, 5.74) is 5.09. The Morgan fingerprint density at radius 1 is 1.62 bits per heavy atom. The third kappa shape index (κ3) is 3.38. The van der Waals surface area contributed by atoms with E-state index in [1.807, 2.05) is 13.8 Å². The number of hydrogen-bond acceptors (Lipinski definition) is 4. The van der Waals surface area contributed by atoms with Crippen LogP contribution < -0.4 is 16.6 Å². The van der Waals surface area contributed by atoms with E-state index in [-0.39, 0.29) is 29.9 Å². The van der Waals surface area contributed by atoms with Crippen LogP contribution in [0.25, 0.3) is 0 Å². The maximum Gasteiger partial charge on any atom is 0.267 e. The monoisotopic (exact) mass is 224 g/mol. The van der Waals surface area contributed by atoms with Crippen molar-refractivity contribution in [3.05, 3.63) is 22.5 Å². The smallest absolute Gasteiger partial charge is 0.267 e. The van der Waals surface area contributed by atoms with E-state index in [2.05, 4.69) is 10.4 Å². The van der Waals surface area contributed by atoms with Crippen LogP contribution in [0, 0.1) is 0 Å². The van der Waals surface area contributed by atoms with E-state index in [0.29, 0.717) is 0 Å². The van der Waals surface area contributed by atoms with Crippen LogP contribution in [0.4, 0.5) is 5.82 Å². The average molecular weight is 224 g/mol. The van der Waals surface area contributed by atoms with Gasteiger partial charge in [-0.1, -0.05) is 6.92 Å². The summed E-state index contributed by atoms with van der Waals surface area (Å²) in [6.07, 6.45) is 0.838. The van der Waals surface area contributed by atoms with E-state index in [4.69, 9.17) is 5.73 Å². The van der Waals surface area contributed by atoms with Gasteiger partial charge in [0.25, 0.3) is 5.56 Å². The van der Waals surface area contributed by atoms with Crippen molar-refractivity contribution in [3.8, 4) is 0 Å². The van der Waals surface area contributed by atoms with Gasteiger partial charge in [0.05, 0.1) is 0 Å². The van der Waals surface area contributed by atoms with Crippen LogP contribution in [0.3, 0.4) is 0 Å². The van der Waals surface area contributed by atoms with Gasteiger partial charge in [0, 0.05) is 12.1 Å². The lowest BCUT2D eigenvalue weighted by atomic mass is 10.2. The van der Waals surface area contributed by atoms with E-state index < -0.39 is 0 Å². The largest absolute Gasteiger partial charge is 0.382 e. The van der Waals surface area contributed by atoms with Crippen LogP contribution in [0.1, 0.15) is 20.3 Å². The van der Waals surface area contributed by atoms with Gasteiger partial charge in [-0.25, -0.2) is 4.68 Å². The minimum absolute atomic E-state index is 0.0873. The fourth-order valence-electron chi connectivity index (χ4n) is 1.14. The third-order valence-electron chi connectivity index (χ3n) is 2.20. The van der Waals surface area contributed by atoms with Crippen molar-refractivity contribution in [2.24, 2.45) is 0 Å². The third-order valence-corrected chi connectivity index (χ3v) is 2.20.